The molecule has 2 amide bonds. The number of hydrogen-bond acceptors (Lipinski definition) is 8. The maximum absolute atomic E-state index is 12.7. The number of carbonyl (C=O) groups excluding carboxylic acids is 2. The number of ether oxygens (including phenoxy) is 1. The second kappa shape index (κ2) is 11.5. The van der Waals surface area contributed by atoms with E-state index < -0.39 is 18.8 Å². The summed E-state index contributed by atoms with van der Waals surface area (Å²) in [7, 11) is 0. The molecule has 10 nitrogen and oxygen atoms in total. The van der Waals surface area contributed by atoms with Gasteiger partial charge in [0.2, 0.25) is 11.9 Å². The molecule has 0 atom stereocenters. The fourth-order valence-electron chi connectivity index (χ4n) is 3.35. The van der Waals surface area contributed by atoms with E-state index in [4.69, 9.17) is 4.74 Å². The first kappa shape index (κ1) is 25.7. The molecular formula is C24H24F3N7O3. The van der Waals surface area contributed by atoms with E-state index >= 15 is 0 Å². The molecule has 7 rings (SSSR count). The number of carbonyl (C=O) groups is 2. The Balaban J connectivity index is 1.59. The highest BCUT2D eigenvalue weighted by Crippen LogP contribution is 2.20. The largest absolute Gasteiger partial charge is 0.454 e. The smallest absolute Gasteiger partial charge is 0.422 e. The Labute approximate surface area is 210 Å². The monoisotopic (exact) mass is 515 g/mol. The van der Waals surface area contributed by atoms with E-state index in [0.717, 1.165) is 5.56 Å². The summed E-state index contributed by atoms with van der Waals surface area (Å²) in [6.45, 7) is -0.416. The van der Waals surface area contributed by atoms with Crippen LogP contribution in [0.5, 0.6) is 6.01 Å². The third-order valence-corrected chi connectivity index (χ3v) is 5.22. The summed E-state index contributed by atoms with van der Waals surface area (Å²) in [6, 6.07) is 12.7. The molecule has 1 aromatic heterocycles. The molecule has 0 aliphatic carbocycles. The first-order valence-corrected chi connectivity index (χ1v) is 11.5. The van der Waals surface area contributed by atoms with Gasteiger partial charge in [-0.25, -0.2) is 0 Å². The molecule has 4 N–H and O–H groups in total. The lowest BCUT2D eigenvalue weighted by atomic mass is 10.1. The van der Waals surface area contributed by atoms with Crippen molar-refractivity contribution in [2.75, 3.05) is 30.3 Å². The maximum Gasteiger partial charge on any atom is 0.422 e. The van der Waals surface area contributed by atoms with Crippen molar-refractivity contribution >= 4 is 29.4 Å². The third kappa shape index (κ3) is 7.78. The topological polar surface area (TPSA) is 130 Å². The number of aromatic nitrogens is 3. The molecule has 0 saturated carbocycles. The molecule has 6 bridgehead atoms. The van der Waals surface area contributed by atoms with Gasteiger partial charge in [0, 0.05) is 36.4 Å². The van der Waals surface area contributed by atoms with Crippen molar-refractivity contribution in [2.24, 2.45) is 0 Å². The highest BCUT2D eigenvalue weighted by atomic mass is 19.4. The summed E-state index contributed by atoms with van der Waals surface area (Å²) in [6.07, 6.45) is -3.17. The van der Waals surface area contributed by atoms with Gasteiger partial charge < -0.3 is 26.0 Å². The van der Waals surface area contributed by atoms with E-state index in [1.54, 1.807) is 48.5 Å². The minimum absolute atomic E-state index is 0.0189. The lowest BCUT2D eigenvalue weighted by molar-refractivity contribution is -0.154. The van der Waals surface area contributed by atoms with Crippen LogP contribution in [0.25, 0.3) is 0 Å². The molecule has 2 aromatic carbocycles. The number of rotatable bonds is 2. The average Bonchev–Trinajstić information content (AvgIpc) is 2.88. The molecule has 0 radical (unpaired) electrons. The predicted octanol–water partition coefficient (Wildman–Crippen LogP) is 3.42. The summed E-state index contributed by atoms with van der Waals surface area (Å²) in [5, 5.41) is 11.5. The molecule has 5 heterocycles. The van der Waals surface area contributed by atoms with E-state index in [0.29, 0.717) is 42.7 Å². The van der Waals surface area contributed by atoms with Crippen molar-refractivity contribution in [3.63, 3.8) is 0 Å². The molecule has 0 unspecified atom stereocenters. The van der Waals surface area contributed by atoms with Gasteiger partial charge in [0.05, 0.1) is 0 Å². The Kier molecular flexibility index (Phi) is 8.01. The van der Waals surface area contributed by atoms with Gasteiger partial charge in [-0.15, -0.1) is 0 Å². The molecular weight excluding hydrogens is 491 g/mol. The van der Waals surface area contributed by atoms with Gasteiger partial charge in [-0.1, -0.05) is 12.1 Å². The van der Waals surface area contributed by atoms with E-state index in [2.05, 4.69) is 36.2 Å². The molecule has 4 aliphatic heterocycles. The van der Waals surface area contributed by atoms with E-state index in [1.165, 1.54) is 0 Å². The zero-order valence-corrected chi connectivity index (χ0v) is 19.6. The van der Waals surface area contributed by atoms with E-state index in [9.17, 15) is 22.8 Å². The van der Waals surface area contributed by atoms with Crippen LogP contribution in [0.4, 0.5) is 30.8 Å². The van der Waals surface area contributed by atoms with Gasteiger partial charge in [-0.2, -0.15) is 28.1 Å². The molecule has 194 valence electrons. The summed E-state index contributed by atoms with van der Waals surface area (Å²) >= 11 is 0. The molecule has 13 heteroatoms. The van der Waals surface area contributed by atoms with Gasteiger partial charge in [0.1, 0.15) is 0 Å². The number of amides is 2. The van der Waals surface area contributed by atoms with E-state index in [1.807, 2.05) is 0 Å². The predicted molar refractivity (Wildman–Crippen MR) is 129 cm³/mol. The van der Waals surface area contributed by atoms with Crippen LogP contribution in [-0.4, -0.2) is 52.6 Å². The Hall–Kier alpha value is -4.42. The molecule has 0 fully saturated rings. The number of nitrogens with zero attached hydrogens (tertiary/aromatic N) is 3. The molecule has 37 heavy (non-hydrogen) atoms. The number of alkyl halides is 3. The van der Waals surface area contributed by atoms with Crippen molar-refractivity contribution in [1.29, 1.82) is 0 Å². The fraction of sp³-hybridized carbons (Fsp3) is 0.292. The average molecular weight is 515 g/mol. The first-order chi connectivity index (χ1) is 17.7. The maximum atomic E-state index is 12.7. The van der Waals surface area contributed by atoms with Crippen molar-refractivity contribution in [3.05, 3.63) is 65.2 Å². The molecule has 3 aromatic rings. The zero-order chi connectivity index (χ0) is 26.3. The second-order valence-electron chi connectivity index (χ2n) is 8.14. The van der Waals surface area contributed by atoms with Crippen LogP contribution in [0.2, 0.25) is 0 Å². The lowest BCUT2D eigenvalue weighted by Gasteiger charge is -2.13. The van der Waals surface area contributed by atoms with Crippen LogP contribution in [0.15, 0.2) is 48.5 Å². The normalized spacial score (nSPS) is 14.9. The number of hydrogen-bond donors (Lipinski definition) is 4. The van der Waals surface area contributed by atoms with Crippen molar-refractivity contribution in [2.45, 2.75) is 25.6 Å². The Morgan fingerprint density at radius 3 is 1.92 bits per heavy atom. The Bertz CT molecular complexity index is 1240. The van der Waals surface area contributed by atoms with Crippen LogP contribution >= 0.6 is 0 Å². The SMILES string of the molecule is O=C1NCCCCNC(=O)c2ccc(cc2)Nc2nc(nc(OCC(F)(F)F)n2)NCc2ccc1cc2. The van der Waals surface area contributed by atoms with Gasteiger partial charge >= 0.3 is 12.2 Å². The number of nitrogens with one attached hydrogen (secondary N) is 4. The first-order valence-electron chi connectivity index (χ1n) is 11.5. The van der Waals surface area contributed by atoms with Crippen LogP contribution in [0, 0.1) is 0 Å². The minimum Gasteiger partial charge on any atom is -0.454 e. The molecule has 4 aliphatic rings. The summed E-state index contributed by atoms with van der Waals surface area (Å²) < 4.78 is 42.7. The summed E-state index contributed by atoms with van der Waals surface area (Å²) in [4.78, 5) is 36.8. The Morgan fingerprint density at radius 2 is 1.32 bits per heavy atom. The quantitative estimate of drug-likeness (QED) is 0.409. The number of anilines is 3. The van der Waals surface area contributed by atoms with Crippen molar-refractivity contribution < 1.29 is 27.5 Å². The molecule has 0 saturated heterocycles. The Morgan fingerprint density at radius 1 is 0.757 bits per heavy atom. The molecule has 0 spiro atoms. The summed E-state index contributed by atoms with van der Waals surface area (Å²) in [5.74, 6) is -0.548. The van der Waals surface area contributed by atoms with E-state index in [-0.39, 0.29) is 30.3 Å². The third-order valence-electron chi connectivity index (χ3n) is 5.22. The lowest BCUT2D eigenvalue weighted by Crippen LogP contribution is -2.27. The highest BCUT2D eigenvalue weighted by Gasteiger charge is 2.29. The van der Waals surface area contributed by atoms with Crippen LogP contribution < -0.4 is 26.0 Å². The minimum atomic E-state index is -4.57. The second-order valence-corrected chi connectivity index (χ2v) is 8.14. The standard InChI is InChI=1S/C24H24F3N7O3/c25-24(26,27)14-37-23-33-21-30-13-15-3-5-16(6-4-15)19(35)28-11-1-2-12-29-20(36)17-7-9-18(10-8-17)31-22(32-21)34-23/h3-10H,1-2,11-14H2,(H,28,35)(H,29,36)(H2,30,31,32,33,34). The number of halogens is 3. The van der Waals surface area contributed by atoms with Gasteiger partial charge in [0.15, 0.2) is 6.61 Å². The van der Waals surface area contributed by atoms with Gasteiger partial charge in [-0.3, -0.25) is 9.59 Å². The van der Waals surface area contributed by atoms with Crippen LogP contribution in [-0.2, 0) is 6.54 Å². The number of benzene rings is 2. The van der Waals surface area contributed by atoms with Gasteiger partial charge in [0.25, 0.3) is 11.8 Å². The summed E-state index contributed by atoms with van der Waals surface area (Å²) in [5.41, 5.74) is 2.20. The van der Waals surface area contributed by atoms with Crippen molar-refractivity contribution in [3.8, 4) is 6.01 Å². The zero-order valence-electron chi connectivity index (χ0n) is 19.6. The van der Waals surface area contributed by atoms with Crippen LogP contribution in [0.1, 0.15) is 39.1 Å². The fourth-order valence-corrected chi connectivity index (χ4v) is 3.35. The van der Waals surface area contributed by atoms with Crippen LogP contribution in [0.3, 0.4) is 0 Å². The van der Waals surface area contributed by atoms with Gasteiger partial charge in [-0.05, 0) is 54.8 Å². The van der Waals surface area contributed by atoms with Crippen molar-refractivity contribution in [1.82, 2.24) is 25.6 Å². The highest BCUT2D eigenvalue weighted by molar-refractivity contribution is 5.95.